The fourth-order valence-electron chi connectivity index (χ4n) is 1.61. The highest BCUT2D eigenvalue weighted by Crippen LogP contribution is 2.10. The second-order valence-electron chi connectivity index (χ2n) is 5.65. The monoisotopic (exact) mass is 293 g/mol. The molecule has 0 aliphatic heterocycles. The van der Waals surface area contributed by atoms with Gasteiger partial charge in [0, 0.05) is 18.8 Å². The van der Waals surface area contributed by atoms with Crippen LogP contribution >= 0.6 is 0 Å². The third kappa shape index (κ3) is 7.20. The molecule has 1 rings (SSSR count). The zero-order chi connectivity index (χ0) is 15.9. The minimum absolute atomic E-state index is 0.140. The molecule has 0 bridgehead atoms. The Bertz CT molecular complexity index is 495. The molecule has 0 aliphatic rings. The van der Waals surface area contributed by atoms with Crippen LogP contribution in [0.4, 0.5) is 10.5 Å². The molecule has 0 heterocycles. The molecule has 0 spiro atoms. The lowest BCUT2D eigenvalue weighted by molar-refractivity contribution is -0.120. The summed E-state index contributed by atoms with van der Waals surface area (Å²) in [5, 5.41) is 5.28. The van der Waals surface area contributed by atoms with Crippen molar-refractivity contribution < 1.29 is 14.3 Å². The van der Waals surface area contributed by atoms with E-state index in [4.69, 9.17) is 10.5 Å². The van der Waals surface area contributed by atoms with E-state index in [1.165, 1.54) is 0 Å². The van der Waals surface area contributed by atoms with Crippen LogP contribution in [-0.4, -0.2) is 30.7 Å². The molecular formula is C15H23N3O3. The van der Waals surface area contributed by atoms with Gasteiger partial charge in [-0.25, -0.2) is 4.79 Å². The standard InChI is InChI=1S/C15H23N3O3/c1-15(2,3)21-14(20)18-9-8-17-13(19)10-11-6-4-5-7-12(11)16/h4-7H,8-10,16H2,1-3H3,(H,17,19)(H,18,20). The number of carbonyl (C=O) groups excluding carboxylic acids is 2. The van der Waals surface area contributed by atoms with Crippen molar-refractivity contribution >= 4 is 17.7 Å². The van der Waals surface area contributed by atoms with Crippen LogP contribution < -0.4 is 16.4 Å². The lowest BCUT2D eigenvalue weighted by Gasteiger charge is -2.19. The molecule has 0 aromatic heterocycles. The van der Waals surface area contributed by atoms with Gasteiger partial charge in [0.15, 0.2) is 0 Å². The van der Waals surface area contributed by atoms with Crippen LogP contribution in [0.3, 0.4) is 0 Å². The predicted molar refractivity (Wildman–Crippen MR) is 81.8 cm³/mol. The Hall–Kier alpha value is -2.24. The quantitative estimate of drug-likeness (QED) is 0.566. The van der Waals surface area contributed by atoms with Gasteiger partial charge in [0.2, 0.25) is 5.91 Å². The second kappa shape index (κ2) is 7.52. The number of para-hydroxylation sites is 1. The first-order chi connectivity index (χ1) is 9.78. The van der Waals surface area contributed by atoms with Crippen LogP contribution in [-0.2, 0) is 16.0 Å². The summed E-state index contributed by atoms with van der Waals surface area (Å²) < 4.78 is 5.08. The van der Waals surface area contributed by atoms with Crippen LogP contribution in [0.2, 0.25) is 0 Å². The molecule has 0 saturated carbocycles. The molecule has 0 radical (unpaired) electrons. The summed E-state index contributed by atoms with van der Waals surface area (Å²) in [7, 11) is 0. The summed E-state index contributed by atoms with van der Waals surface area (Å²) >= 11 is 0. The molecule has 4 N–H and O–H groups in total. The van der Waals surface area contributed by atoms with Crippen LogP contribution in [0.15, 0.2) is 24.3 Å². The lowest BCUT2D eigenvalue weighted by Crippen LogP contribution is -2.38. The van der Waals surface area contributed by atoms with Gasteiger partial charge in [-0.3, -0.25) is 4.79 Å². The van der Waals surface area contributed by atoms with Gasteiger partial charge >= 0.3 is 6.09 Å². The summed E-state index contributed by atoms with van der Waals surface area (Å²) in [5.74, 6) is -0.140. The summed E-state index contributed by atoms with van der Waals surface area (Å²) in [6.07, 6.45) is -0.275. The van der Waals surface area contributed by atoms with Crippen LogP contribution in [0, 0.1) is 0 Å². The number of benzene rings is 1. The number of rotatable bonds is 5. The Labute approximate surface area is 125 Å². The normalized spacial score (nSPS) is 10.8. The van der Waals surface area contributed by atoms with Crippen molar-refractivity contribution in [1.82, 2.24) is 10.6 Å². The highest BCUT2D eigenvalue weighted by Gasteiger charge is 2.15. The molecule has 0 aliphatic carbocycles. The summed E-state index contributed by atoms with van der Waals surface area (Å²) in [6, 6.07) is 7.23. The van der Waals surface area contributed by atoms with Gasteiger partial charge in [0.05, 0.1) is 6.42 Å². The summed E-state index contributed by atoms with van der Waals surface area (Å²) in [5.41, 5.74) is 6.62. The maximum absolute atomic E-state index is 11.7. The van der Waals surface area contributed by atoms with Crippen molar-refractivity contribution in [1.29, 1.82) is 0 Å². The molecule has 21 heavy (non-hydrogen) atoms. The number of nitrogens with two attached hydrogens (primary N) is 1. The van der Waals surface area contributed by atoms with E-state index in [2.05, 4.69) is 10.6 Å². The van der Waals surface area contributed by atoms with Gasteiger partial charge in [-0.1, -0.05) is 18.2 Å². The molecule has 2 amide bonds. The maximum atomic E-state index is 11.7. The van der Waals surface area contributed by atoms with Crippen LogP contribution in [0.5, 0.6) is 0 Å². The molecule has 1 aromatic carbocycles. The third-order valence-electron chi connectivity index (χ3n) is 2.52. The van der Waals surface area contributed by atoms with Crippen molar-refractivity contribution in [2.24, 2.45) is 0 Å². The zero-order valence-corrected chi connectivity index (χ0v) is 12.7. The fourth-order valence-corrected chi connectivity index (χ4v) is 1.61. The summed E-state index contributed by atoms with van der Waals surface area (Å²) in [4.78, 5) is 23.1. The van der Waals surface area contributed by atoms with E-state index in [1.807, 2.05) is 18.2 Å². The molecule has 116 valence electrons. The molecule has 0 saturated heterocycles. The third-order valence-corrected chi connectivity index (χ3v) is 2.52. The molecule has 0 fully saturated rings. The highest BCUT2D eigenvalue weighted by atomic mass is 16.6. The minimum atomic E-state index is -0.530. The van der Waals surface area contributed by atoms with Gasteiger partial charge in [-0.05, 0) is 32.4 Å². The smallest absolute Gasteiger partial charge is 0.407 e. The topological polar surface area (TPSA) is 93.5 Å². The Morgan fingerprint density at radius 3 is 2.38 bits per heavy atom. The van der Waals surface area contributed by atoms with Crippen molar-refractivity contribution in [2.75, 3.05) is 18.8 Å². The van der Waals surface area contributed by atoms with Gasteiger partial charge in [0.25, 0.3) is 0 Å². The number of hydrogen-bond acceptors (Lipinski definition) is 4. The van der Waals surface area contributed by atoms with Crippen molar-refractivity contribution in [2.45, 2.75) is 32.8 Å². The number of ether oxygens (including phenoxy) is 1. The first-order valence-electron chi connectivity index (χ1n) is 6.85. The van der Waals surface area contributed by atoms with E-state index in [1.54, 1.807) is 26.8 Å². The first-order valence-corrected chi connectivity index (χ1v) is 6.85. The molecule has 1 aromatic rings. The second-order valence-corrected chi connectivity index (χ2v) is 5.65. The van der Waals surface area contributed by atoms with Gasteiger partial charge in [0.1, 0.15) is 5.60 Å². The van der Waals surface area contributed by atoms with E-state index in [-0.39, 0.29) is 12.3 Å². The van der Waals surface area contributed by atoms with Crippen LogP contribution in [0.25, 0.3) is 0 Å². The molecule has 6 heteroatoms. The first kappa shape index (κ1) is 16.8. The highest BCUT2D eigenvalue weighted by molar-refractivity contribution is 5.80. The van der Waals surface area contributed by atoms with E-state index in [9.17, 15) is 9.59 Å². The number of amides is 2. The summed E-state index contributed by atoms with van der Waals surface area (Å²) in [6.45, 7) is 6.02. The van der Waals surface area contributed by atoms with Gasteiger partial charge in [-0.2, -0.15) is 0 Å². The number of hydrogen-bond donors (Lipinski definition) is 3. The van der Waals surface area contributed by atoms with E-state index >= 15 is 0 Å². The minimum Gasteiger partial charge on any atom is -0.444 e. The Morgan fingerprint density at radius 1 is 1.14 bits per heavy atom. The number of nitrogen functional groups attached to an aromatic ring is 1. The molecular weight excluding hydrogens is 270 g/mol. The van der Waals surface area contributed by atoms with E-state index < -0.39 is 11.7 Å². The van der Waals surface area contributed by atoms with Crippen LogP contribution in [0.1, 0.15) is 26.3 Å². The lowest BCUT2D eigenvalue weighted by atomic mass is 10.1. The zero-order valence-electron chi connectivity index (χ0n) is 12.7. The average molecular weight is 293 g/mol. The van der Waals surface area contributed by atoms with Gasteiger partial charge < -0.3 is 21.1 Å². The average Bonchev–Trinajstić information content (AvgIpc) is 2.35. The van der Waals surface area contributed by atoms with Gasteiger partial charge in [-0.15, -0.1) is 0 Å². The predicted octanol–water partition coefficient (Wildman–Crippen LogP) is 1.45. The SMILES string of the molecule is CC(C)(C)OC(=O)NCCNC(=O)Cc1ccccc1N. The Morgan fingerprint density at radius 2 is 1.76 bits per heavy atom. The maximum Gasteiger partial charge on any atom is 0.407 e. The van der Waals surface area contributed by atoms with Crippen molar-refractivity contribution in [3.8, 4) is 0 Å². The van der Waals surface area contributed by atoms with Crippen molar-refractivity contribution in [3.63, 3.8) is 0 Å². The number of alkyl carbamates (subject to hydrolysis) is 1. The number of anilines is 1. The molecule has 6 nitrogen and oxygen atoms in total. The Kier molecular flexibility index (Phi) is 6.02. The fraction of sp³-hybridized carbons (Fsp3) is 0.467. The number of nitrogens with one attached hydrogen (secondary N) is 2. The van der Waals surface area contributed by atoms with E-state index in [0.717, 1.165) is 5.56 Å². The largest absolute Gasteiger partial charge is 0.444 e. The van der Waals surface area contributed by atoms with E-state index in [0.29, 0.717) is 18.8 Å². The van der Waals surface area contributed by atoms with Crippen molar-refractivity contribution in [3.05, 3.63) is 29.8 Å². The molecule has 0 atom stereocenters. The molecule has 0 unspecified atom stereocenters. The Balaban J connectivity index is 2.23. The number of carbonyl (C=O) groups is 2.